The van der Waals surface area contributed by atoms with Gasteiger partial charge < -0.3 is 5.73 Å². The van der Waals surface area contributed by atoms with Gasteiger partial charge in [-0.1, -0.05) is 0 Å². The summed E-state index contributed by atoms with van der Waals surface area (Å²) in [5.41, 5.74) is 5.45. The molecule has 4 nitrogen and oxygen atoms in total. The highest BCUT2D eigenvalue weighted by Crippen LogP contribution is 2.32. The van der Waals surface area contributed by atoms with Crippen LogP contribution in [-0.4, -0.2) is 33.4 Å². The van der Waals surface area contributed by atoms with Crippen molar-refractivity contribution in [3.05, 3.63) is 0 Å². The minimum atomic E-state index is -3.33. The molecule has 0 amide bonds. The van der Waals surface area contributed by atoms with Gasteiger partial charge in [0.15, 0.2) is 0 Å². The molecule has 1 rings (SSSR count). The molecule has 0 spiro atoms. The number of halogens is 1. The molecular weight excluding hydrogens is 207 g/mol. The van der Waals surface area contributed by atoms with E-state index in [1.165, 1.54) is 0 Å². The molecular formula is C8H17FN2O2S. The van der Waals surface area contributed by atoms with Gasteiger partial charge in [0.2, 0.25) is 10.0 Å². The van der Waals surface area contributed by atoms with Crippen molar-refractivity contribution in [2.45, 2.75) is 25.3 Å². The minimum absolute atomic E-state index is 0.0529. The zero-order chi connectivity index (χ0) is 10.6. The highest BCUT2D eigenvalue weighted by Gasteiger charge is 2.32. The van der Waals surface area contributed by atoms with Crippen molar-refractivity contribution < 1.29 is 12.8 Å². The Morgan fingerprint density at radius 3 is 2.57 bits per heavy atom. The highest BCUT2D eigenvalue weighted by atomic mass is 32.2. The third-order valence-corrected chi connectivity index (χ3v) is 3.81. The van der Waals surface area contributed by atoms with E-state index in [1.807, 2.05) is 0 Å². The average molecular weight is 224 g/mol. The van der Waals surface area contributed by atoms with Crippen LogP contribution in [0.5, 0.6) is 0 Å². The van der Waals surface area contributed by atoms with Crippen LogP contribution in [0.25, 0.3) is 0 Å². The lowest BCUT2D eigenvalue weighted by Crippen LogP contribution is -2.42. The Balaban J connectivity index is 2.39. The van der Waals surface area contributed by atoms with Crippen molar-refractivity contribution in [2.75, 3.05) is 19.0 Å². The largest absolute Gasteiger partial charge is 0.329 e. The van der Waals surface area contributed by atoms with Crippen LogP contribution in [0.2, 0.25) is 0 Å². The Bertz CT molecular complexity index is 265. The second-order valence-corrected chi connectivity index (χ2v) is 5.53. The van der Waals surface area contributed by atoms with Gasteiger partial charge in [0.25, 0.3) is 0 Å². The Morgan fingerprint density at radius 1 is 1.50 bits per heavy atom. The van der Waals surface area contributed by atoms with E-state index >= 15 is 0 Å². The van der Waals surface area contributed by atoms with E-state index in [2.05, 4.69) is 4.72 Å². The van der Waals surface area contributed by atoms with Gasteiger partial charge >= 0.3 is 0 Å². The molecule has 0 radical (unpaired) electrons. The quantitative estimate of drug-likeness (QED) is 0.639. The first-order valence-electron chi connectivity index (χ1n) is 4.85. The number of hydrogen-bond acceptors (Lipinski definition) is 3. The second-order valence-electron chi connectivity index (χ2n) is 3.66. The van der Waals surface area contributed by atoms with Crippen LogP contribution in [0.4, 0.5) is 4.39 Å². The minimum Gasteiger partial charge on any atom is -0.329 e. The maximum absolute atomic E-state index is 11.8. The van der Waals surface area contributed by atoms with Crippen LogP contribution in [0.3, 0.4) is 0 Å². The number of alkyl halides is 1. The molecule has 0 heterocycles. The molecule has 0 aliphatic heterocycles. The maximum Gasteiger partial charge on any atom is 0.211 e. The summed E-state index contributed by atoms with van der Waals surface area (Å²) in [6.07, 6.45) is 2.12. The molecule has 3 N–H and O–H groups in total. The molecule has 0 aromatic heterocycles. The van der Waals surface area contributed by atoms with E-state index in [0.717, 1.165) is 12.8 Å². The lowest BCUT2D eigenvalue weighted by molar-refractivity contribution is 0.478. The van der Waals surface area contributed by atoms with E-state index in [1.54, 1.807) is 0 Å². The first kappa shape index (κ1) is 11.9. The van der Waals surface area contributed by atoms with Crippen molar-refractivity contribution in [2.24, 2.45) is 11.7 Å². The van der Waals surface area contributed by atoms with E-state index in [4.69, 9.17) is 5.73 Å². The van der Waals surface area contributed by atoms with Crippen molar-refractivity contribution in [1.82, 2.24) is 4.72 Å². The van der Waals surface area contributed by atoms with Crippen LogP contribution >= 0.6 is 0 Å². The Kier molecular flexibility index (Phi) is 4.28. The fraction of sp³-hybridized carbons (Fsp3) is 1.00. The summed E-state index contributed by atoms with van der Waals surface area (Å²) in [6.45, 7) is -0.281. The van der Waals surface area contributed by atoms with E-state index in [0.29, 0.717) is 12.5 Å². The van der Waals surface area contributed by atoms with Gasteiger partial charge in [-0.05, 0) is 25.2 Å². The molecule has 1 atom stereocenters. The van der Waals surface area contributed by atoms with Gasteiger partial charge in [-0.25, -0.2) is 13.1 Å². The summed E-state index contributed by atoms with van der Waals surface area (Å²) in [4.78, 5) is 0. The molecule has 1 fully saturated rings. The van der Waals surface area contributed by atoms with Crippen molar-refractivity contribution in [3.8, 4) is 0 Å². The van der Waals surface area contributed by atoms with Crippen molar-refractivity contribution in [1.29, 1.82) is 0 Å². The highest BCUT2D eigenvalue weighted by molar-refractivity contribution is 7.89. The normalized spacial score (nSPS) is 19.6. The first-order valence-corrected chi connectivity index (χ1v) is 6.50. The monoisotopic (exact) mass is 224 g/mol. The van der Waals surface area contributed by atoms with Gasteiger partial charge in [-0.2, -0.15) is 0 Å². The summed E-state index contributed by atoms with van der Waals surface area (Å²) in [5.74, 6) is 0.243. The third kappa shape index (κ3) is 3.89. The first-order chi connectivity index (χ1) is 6.59. The predicted octanol–water partition coefficient (Wildman–Crippen LogP) is 0.00270. The summed E-state index contributed by atoms with van der Waals surface area (Å²) in [7, 11) is -3.33. The van der Waals surface area contributed by atoms with Crippen LogP contribution in [0, 0.1) is 5.92 Å². The Labute approximate surface area is 84.1 Å². The van der Waals surface area contributed by atoms with Gasteiger partial charge in [0.1, 0.15) is 0 Å². The van der Waals surface area contributed by atoms with Crippen molar-refractivity contribution >= 4 is 10.0 Å². The Morgan fingerprint density at radius 2 is 2.14 bits per heavy atom. The fourth-order valence-corrected chi connectivity index (χ4v) is 2.73. The molecule has 1 aliphatic rings. The van der Waals surface area contributed by atoms with E-state index in [9.17, 15) is 12.8 Å². The molecule has 0 aromatic carbocycles. The molecule has 6 heteroatoms. The lowest BCUT2D eigenvalue weighted by atomic mass is 10.2. The summed E-state index contributed by atoms with van der Waals surface area (Å²) >= 11 is 0. The summed E-state index contributed by atoms with van der Waals surface area (Å²) < 4.78 is 37.0. The summed E-state index contributed by atoms with van der Waals surface area (Å²) in [5, 5.41) is 0. The molecule has 0 aromatic rings. The smallest absolute Gasteiger partial charge is 0.211 e. The standard InChI is InChI=1S/C8H17FN2O2S/c9-4-1-5-14(12,13)11-8(6-10)7-2-3-7/h7-8,11H,1-6,10H2. The second kappa shape index (κ2) is 5.04. The van der Waals surface area contributed by atoms with Gasteiger partial charge in [0.05, 0.1) is 12.4 Å². The third-order valence-electron chi connectivity index (χ3n) is 2.32. The number of sulfonamides is 1. The molecule has 0 saturated heterocycles. The Hall–Kier alpha value is -0.200. The number of hydrogen-bond donors (Lipinski definition) is 2. The number of rotatable bonds is 7. The molecule has 1 unspecified atom stereocenters. The number of nitrogens with one attached hydrogen (secondary N) is 1. The van der Waals surface area contributed by atoms with Crippen LogP contribution in [0.1, 0.15) is 19.3 Å². The van der Waals surface area contributed by atoms with Gasteiger partial charge in [-0.3, -0.25) is 4.39 Å². The van der Waals surface area contributed by atoms with Crippen LogP contribution in [-0.2, 0) is 10.0 Å². The van der Waals surface area contributed by atoms with E-state index in [-0.39, 0.29) is 18.2 Å². The maximum atomic E-state index is 11.8. The zero-order valence-electron chi connectivity index (χ0n) is 8.08. The molecule has 0 bridgehead atoms. The topological polar surface area (TPSA) is 72.2 Å². The predicted molar refractivity (Wildman–Crippen MR) is 53.1 cm³/mol. The van der Waals surface area contributed by atoms with Gasteiger partial charge in [0, 0.05) is 12.6 Å². The molecule has 84 valence electrons. The zero-order valence-corrected chi connectivity index (χ0v) is 8.89. The molecule has 1 saturated carbocycles. The summed E-state index contributed by atoms with van der Waals surface area (Å²) in [6, 6.07) is -0.153. The molecule has 1 aliphatic carbocycles. The fourth-order valence-electron chi connectivity index (χ4n) is 1.37. The lowest BCUT2D eigenvalue weighted by Gasteiger charge is -2.15. The van der Waals surface area contributed by atoms with Crippen molar-refractivity contribution in [3.63, 3.8) is 0 Å². The van der Waals surface area contributed by atoms with Gasteiger partial charge in [-0.15, -0.1) is 0 Å². The van der Waals surface area contributed by atoms with Crippen LogP contribution in [0.15, 0.2) is 0 Å². The van der Waals surface area contributed by atoms with Crippen LogP contribution < -0.4 is 10.5 Å². The molecule has 14 heavy (non-hydrogen) atoms. The average Bonchev–Trinajstić information content (AvgIpc) is 2.94. The SMILES string of the molecule is NCC(NS(=O)(=O)CCCF)C1CC1. The number of nitrogens with two attached hydrogens (primary N) is 1. The van der Waals surface area contributed by atoms with E-state index < -0.39 is 16.7 Å².